The monoisotopic (exact) mass is 368 g/mol. The van der Waals surface area contributed by atoms with Crippen LogP contribution in [0.15, 0.2) is 0 Å². The lowest BCUT2D eigenvalue weighted by Gasteiger charge is -2.17. The maximum absolute atomic E-state index is 6.06. The molecular weight excluding hydrogens is 316 g/mol. The first-order valence-corrected chi connectivity index (χ1v) is 12.4. The largest absolute Gasteiger partial charge is 0.381 e. The molecule has 0 aliphatic heterocycles. The van der Waals surface area contributed by atoms with Gasteiger partial charge in [-0.3, -0.25) is 0 Å². The summed E-state index contributed by atoms with van der Waals surface area (Å²) in [5.41, 5.74) is 0. The molecule has 0 aromatic rings. The Morgan fingerprint density at radius 1 is 0.462 bits per heavy atom. The molecule has 0 aromatic carbocycles. The fourth-order valence-electron chi connectivity index (χ4n) is 3.80. The Balaban J connectivity index is 3.75. The van der Waals surface area contributed by atoms with E-state index in [0.717, 1.165) is 19.1 Å². The van der Waals surface area contributed by atoms with Crippen molar-refractivity contribution in [2.75, 3.05) is 13.2 Å². The molecule has 1 heteroatoms. The van der Waals surface area contributed by atoms with Gasteiger partial charge in [0.15, 0.2) is 0 Å². The normalized spacial score (nSPS) is 12.6. The molecule has 0 N–H and O–H groups in total. The molecular formula is C25H52O. The molecule has 0 saturated carbocycles. The van der Waals surface area contributed by atoms with E-state index in [9.17, 15) is 0 Å². The second-order valence-corrected chi connectivity index (χ2v) is 8.47. The van der Waals surface area contributed by atoms with E-state index < -0.39 is 0 Å². The van der Waals surface area contributed by atoms with E-state index in [1.165, 1.54) is 122 Å². The van der Waals surface area contributed by atoms with Gasteiger partial charge in [-0.15, -0.1) is 0 Å². The average molecular weight is 369 g/mol. The Kier molecular flexibility index (Phi) is 23.0. The lowest BCUT2D eigenvalue weighted by molar-refractivity contribution is 0.0879. The van der Waals surface area contributed by atoms with E-state index in [1.807, 2.05) is 0 Å². The zero-order valence-corrected chi connectivity index (χ0v) is 18.8. The van der Waals surface area contributed by atoms with Crippen LogP contribution >= 0.6 is 0 Å². The van der Waals surface area contributed by atoms with Gasteiger partial charge in [-0.05, 0) is 25.2 Å². The number of hydrogen-bond donors (Lipinski definition) is 0. The van der Waals surface area contributed by atoms with Crippen molar-refractivity contribution in [2.24, 2.45) is 5.92 Å². The Morgan fingerprint density at radius 3 is 1.31 bits per heavy atom. The second kappa shape index (κ2) is 23.0. The Bertz CT molecular complexity index is 220. The molecule has 0 fully saturated rings. The standard InChI is InChI=1S/C25H52O/c1-4-7-10-13-14-16-19-22-25(21-18-15-11-8-5-2)24-26-23-20-17-12-9-6-3/h25H,4-24H2,1-3H3. The molecule has 0 aromatic heterocycles. The predicted molar refractivity (Wildman–Crippen MR) is 119 cm³/mol. The van der Waals surface area contributed by atoms with Gasteiger partial charge in [-0.2, -0.15) is 0 Å². The SMILES string of the molecule is CCCCCCCCCC(CCCCCCC)COCCCCCCC. The van der Waals surface area contributed by atoms with Gasteiger partial charge in [-0.1, -0.05) is 124 Å². The topological polar surface area (TPSA) is 9.23 Å². The molecule has 0 rings (SSSR count). The molecule has 0 saturated heterocycles. The van der Waals surface area contributed by atoms with Crippen molar-refractivity contribution in [3.63, 3.8) is 0 Å². The van der Waals surface area contributed by atoms with Crippen LogP contribution in [-0.2, 0) is 4.74 Å². The van der Waals surface area contributed by atoms with E-state index in [4.69, 9.17) is 4.74 Å². The average Bonchev–Trinajstić information content (AvgIpc) is 2.65. The van der Waals surface area contributed by atoms with Crippen LogP contribution in [0.3, 0.4) is 0 Å². The van der Waals surface area contributed by atoms with Crippen molar-refractivity contribution in [2.45, 2.75) is 143 Å². The summed E-state index contributed by atoms with van der Waals surface area (Å²) in [4.78, 5) is 0. The zero-order valence-electron chi connectivity index (χ0n) is 18.8. The summed E-state index contributed by atoms with van der Waals surface area (Å²) in [6, 6.07) is 0. The summed E-state index contributed by atoms with van der Waals surface area (Å²) in [5, 5.41) is 0. The molecule has 0 heterocycles. The highest BCUT2D eigenvalue weighted by Crippen LogP contribution is 2.20. The maximum Gasteiger partial charge on any atom is 0.0494 e. The molecule has 0 aliphatic carbocycles. The van der Waals surface area contributed by atoms with Crippen LogP contribution in [0, 0.1) is 5.92 Å². The molecule has 0 aliphatic rings. The van der Waals surface area contributed by atoms with E-state index in [-0.39, 0.29) is 0 Å². The molecule has 158 valence electrons. The molecule has 0 amide bonds. The van der Waals surface area contributed by atoms with Crippen LogP contribution in [0.4, 0.5) is 0 Å². The van der Waals surface area contributed by atoms with Crippen LogP contribution in [-0.4, -0.2) is 13.2 Å². The lowest BCUT2D eigenvalue weighted by atomic mass is 9.95. The van der Waals surface area contributed by atoms with Crippen LogP contribution in [0.1, 0.15) is 143 Å². The molecule has 1 nitrogen and oxygen atoms in total. The quantitative estimate of drug-likeness (QED) is 0.173. The van der Waals surface area contributed by atoms with Crippen molar-refractivity contribution in [1.82, 2.24) is 0 Å². The zero-order chi connectivity index (χ0) is 19.1. The van der Waals surface area contributed by atoms with Crippen molar-refractivity contribution >= 4 is 0 Å². The maximum atomic E-state index is 6.06. The van der Waals surface area contributed by atoms with Crippen LogP contribution in [0.25, 0.3) is 0 Å². The van der Waals surface area contributed by atoms with Crippen molar-refractivity contribution in [3.05, 3.63) is 0 Å². The number of unbranched alkanes of at least 4 members (excludes halogenated alkanes) is 14. The van der Waals surface area contributed by atoms with E-state index >= 15 is 0 Å². The third kappa shape index (κ3) is 20.3. The van der Waals surface area contributed by atoms with E-state index in [2.05, 4.69) is 20.8 Å². The summed E-state index contributed by atoms with van der Waals surface area (Å²) < 4.78 is 6.06. The fraction of sp³-hybridized carbons (Fsp3) is 1.00. The van der Waals surface area contributed by atoms with E-state index in [1.54, 1.807) is 0 Å². The smallest absolute Gasteiger partial charge is 0.0494 e. The van der Waals surface area contributed by atoms with Gasteiger partial charge in [0.2, 0.25) is 0 Å². The van der Waals surface area contributed by atoms with Crippen LogP contribution in [0.2, 0.25) is 0 Å². The van der Waals surface area contributed by atoms with Gasteiger partial charge in [0, 0.05) is 13.2 Å². The molecule has 26 heavy (non-hydrogen) atoms. The summed E-state index contributed by atoms with van der Waals surface area (Å²) in [6.07, 6.45) is 26.5. The number of rotatable bonds is 22. The summed E-state index contributed by atoms with van der Waals surface area (Å²) in [5.74, 6) is 0.822. The first-order chi connectivity index (χ1) is 12.8. The molecule has 1 unspecified atom stereocenters. The number of hydrogen-bond acceptors (Lipinski definition) is 1. The fourth-order valence-corrected chi connectivity index (χ4v) is 3.80. The summed E-state index contributed by atoms with van der Waals surface area (Å²) >= 11 is 0. The van der Waals surface area contributed by atoms with Gasteiger partial charge in [0.25, 0.3) is 0 Å². The first kappa shape index (κ1) is 26.0. The Labute approximate surface area is 167 Å². The van der Waals surface area contributed by atoms with E-state index in [0.29, 0.717) is 0 Å². The van der Waals surface area contributed by atoms with Gasteiger partial charge in [-0.25, -0.2) is 0 Å². The second-order valence-electron chi connectivity index (χ2n) is 8.47. The summed E-state index contributed by atoms with van der Waals surface area (Å²) in [6.45, 7) is 8.91. The minimum atomic E-state index is 0.822. The minimum Gasteiger partial charge on any atom is -0.381 e. The highest BCUT2D eigenvalue weighted by atomic mass is 16.5. The van der Waals surface area contributed by atoms with Crippen molar-refractivity contribution < 1.29 is 4.74 Å². The predicted octanol–water partition coefficient (Wildman–Crippen LogP) is 9.09. The highest BCUT2D eigenvalue weighted by molar-refractivity contribution is 4.61. The van der Waals surface area contributed by atoms with Gasteiger partial charge >= 0.3 is 0 Å². The van der Waals surface area contributed by atoms with Crippen LogP contribution in [0.5, 0.6) is 0 Å². The Hall–Kier alpha value is -0.0400. The van der Waals surface area contributed by atoms with Crippen molar-refractivity contribution in [1.29, 1.82) is 0 Å². The molecule has 0 radical (unpaired) electrons. The molecule has 0 bridgehead atoms. The third-order valence-corrected chi connectivity index (χ3v) is 5.68. The van der Waals surface area contributed by atoms with Crippen LogP contribution < -0.4 is 0 Å². The lowest BCUT2D eigenvalue weighted by Crippen LogP contribution is -2.11. The highest BCUT2D eigenvalue weighted by Gasteiger charge is 2.09. The van der Waals surface area contributed by atoms with Gasteiger partial charge in [0.1, 0.15) is 0 Å². The molecule has 1 atom stereocenters. The number of ether oxygens (including phenoxy) is 1. The third-order valence-electron chi connectivity index (χ3n) is 5.68. The summed E-state index contributed by atoms with van der Waals surface area (Å²) in [7, 11) is 0. The Morgan fingerprint density at radius 2 is 0.846 bits per heavy atom. The van der Waals surface area contributed by atoms with Crippen molar-refractivity contribution in [3.8, 4) is 0 Å². The first-order valence-electron chi connectivity index (χ1n) is 12.4. The molecule has 0 spiro atoms. The van der Waals surface area contributed by atoms with Gasteiger partial charge < -0.3 is 4.74 Å². The minimum absolute atomic E-state index is 0.822. The van der Waals surface area contributed by atoms with Gasteiger partial charge in [0.05, 0.1) is 0 Å².